The fourth-order valence-corrected chi connectivity index (χ4v) is 4.34. The Morgan fingerprint density at radius 1 is 1.23 bits per heavy atom. The van der Waals surface area contributed by atoms with Gasteiger partial charge in [0.05, 0.1) is 12.1 Å². The molecule has 0 aliphatic carbocycles. The molecule has 10 nitrogen and oxygen atoms in total. The second-order valence-corrected chi connectivity index (χ2v) is 8.48. The smallest absolute Gasteiger partial charge is 0.254 e. The van der Waals surface area contributed by atoms with Gasteiger partial charge in [0.2, 0.25) is 5.88 Å². The largest absolute Gasteiger partial charge is 0.475 e. The summed E-state index contributed by atoms with van der Waals surface area (Å²) < 4.78 is 20.6. The van der Waals surface area contributed by atoms with Crippen molar-refractivity contribution in [2.75, 3.05) is 50.1 Å². The maximum absolute atomic E-state index is 13.3. The minimum Gasteiger partial charge on any atom is -0.475 e. The topological polar surface area (TPSA) is 131 Å². The molecule has 0 bridgehead atoms. The van der Waals surface area contributed by atoms with Gasteiger partial charge in [-0.15, -0.1) is 0 Å². The number of carbonyl (C=O) groups excluding carboxylic acids is 1. The standard InChI is InChI=1S/C24H30FN7O3/c1-27-16-24(9-11-31(12-10-24)20-3-2-4-21(29-20)35-14-13-33)32-15-19(22(26)34)23(30-32)28-18-7-5-17(25)6-8-18/h2-8,15,27,33H,9-14,16H2,1H3,(H2,26,34)(H,28,30). The van der Waals surface area contributed by atoms with Crippen molar-refractivity contribution >= 4 is 23.2 Å². The van der Waals surface area contributed by atoms with E-state index in [0.29, 0.717) is 37.0 Å². The number of ether oxygens (including phenoxy) is 1. The highest BCUT2D eigenvalue weighted by Crippen LogP contribution is 2.33. The second kappa shape index (κ2) is 10.7. The summed E-state index contributed by atoms with van der Waals surface area (Å²) in [5.74, 6) is 0.656. The second-order valence-electron chi connectivity index (χ2n) is 8.48. The summed E-state index contributed by atoms with van der Waals surface area (Å²) in [6.07, 6.45) is 3.17. The maximum Gasteiger partial charge on any atom is 0.254 e. The number of aliphatic hydroxyl groups is 1. The summed E-state index contributed by atoms with van der Waals surface area (Å²) >= 11 is 0. The SMILES string of the molecule is CNCC1(n2cc(C(N)=O)c(Nc3ccc(F)cc3)n2)CCN(c2cccc(OCCO)n2)CC1. The summed E-state index contributed by atoms with van der Waals surface area (Å²) in [7, 11) is 1.88. The van der Waals surface area contributed by atoms with Gasteiger partial charge in [0.25, 0.3) is 5.91 Å². The molecule has 1 amide bonds. The number of halogens is 1. The first kappa shape index (κ1) is 24.4. The van der Waals surface area contributed by atoms with Crippen LogP contribution in [0.5, 0.6) is 5.88 Å². The Morgan fingerprint density at radius 3 is 2.63 bits per heavy atom. The van der Waals surface area contributed by atoms with Gasteiger partial charge in [-0.2, -0.15) is 10.1 Å². The number of nitrogens with zero attached hydrogens (tertiary/aromatic N) is 4. The van der Waals surface area contributed by atoms with E-state index < -0.39 is 5.91 Å². The van der Waals surface area contributed by atoms with E-state index in [1.54, 1.807) is 24.4 Å². The molecular weight excluding hydrogens is 453 g/mol. The van der Waals surface area contributed by atoms with Crippen LogP contribution in [0, 0.1) is 5.82 Å². The number of hydrogen-bond acceptors (Lipinski definition) is 8. The lowest BCUT2D eigenvalue weighted by Gasteiger charge is -2.42. The van der Waals surface area contributed by atoms with E-state index in [-0.39, 0.29) is 30.1 Å². The number of pyridine rings is 1. The van der Waals surface area contributed by atoms with Crippen molar-refractivity contribution in [3.63, 3.8) is 0 Å². The molecule has 3 heterocycles. The maximum atomic E-state index is 13.3. The molecular formula is C24H30FN7O3. The highest BCUT2D eigenvalue weighted by atomic mass is 19.1. The summed E-state index contributed by atoms with van der Waals surface area (Å²) in [5, 5.41) is 20.0. The molecule has 0 atom stereocenters. The summed E-state index contributed by atoms with van der Waals surface area (Å²) in [6.45, 7) is 2.19. The van der Waals surface area contributed by atoms with Gasteiger partial charge in [-0.05, 0) is 50.2 Å². The van der Waals surface area contributed by atoms with Crippen LogP contribution in [-0.2, 0) is 5.54 Å². The van der Waals surface area contributed by atoms with Crippen LogP contribution >= 0.6 is 0 Å². The molecule has 0 saturated carbocycles. The van der Waals surface area contributed by atoms with Gasteiger partial charge < -0.3 is 31.1 Å². The minimum atomic E-state index is -0.596. The predicted molar refractivity (Wildman–Crippen MR) is 131 cm³/mol. The number of hydrogen-bond donors (Lipinski definition) is 4. The number of benzene rings is 1. The number of aromatic nitrogens is 3. The number of piperidine rings is 1. The molecule has 0 spiro atoms. The van der Waals surface area contributed by atoms with Crippen LogP contribution in [0.15, 0.2) is 48.7 Å². The molecule has 0 radical (unpaired) electrons. The molecule has 3 aromatic rings. The lowest BCUT2D eigenvalue weighted by atomic mass is 9.87. The van der Waals surface area contributed by atoms with Crippen molar-refractivity contribution in [1.82, 2.24) is 20.1 Å². The van der Waals surface area contributed by atoms with Crippen molar-refractivity contribution in [2.45, 2.75) is 18.4 Å². The number of aliphatic hydroxyl groups excluding tert-OH is 1. The molecule has 11 heteroatoms. The van der Waals surface area contributed by atoms with Crippen LogP contribution < -0.4 is 26.0 Å². The summed E-state index contributed by atoms with van der Waals surface area (Å²) in [5.41, 5.74) is 6.13. The number of likely N-dealkylation sites (N-methyl/N-ethyl adjacent to an activating group) is 1. The van der Waals surface area contributed by atoms with Crippen LogP contribution in [0.3, 0.4) is 0 Å². The first-order valence-corrected chi connectivity index (χ1v) is 11.5. The molecule has 2 aromatic heterocycles. The molecule has 1 aliphatic rings. The lowest BCUT2D eigenvalue weighted by molar-refractivity contribution is 0.100. The Morgan fingerprint density at radius 2 is 1.97 bits per heavy atom. The van der Waals surface area contributed by atoms with Crippen molar-refractivity contribution in [1.29, 1.82) is 0 Å². The van der Waals surface area contributed by atoms with Crippen LogP contribution in [-0.4, -0.2) is 65.7 Å². The predicted octanol–water partition coefficient (Wildman–Crippen LogP) is 1.85. The zero-order valence-corrected chi connectivity index (χ0v) is 19.6. The number of nitrogens with two attached hydrogens (primary N) is 1. The molecule has 1 saturated heterocycles. The number of primary amides is 1. The zero-order chi connectivity index (χ0) is 24.8. The van der Waals surface area contributed by atoms with E-state index in [1.165, 1.54) is 12.1 Å². The highest BCUT2D eigenvalue weighted by Gasteiger charge is 2.38. The molecule has 1 aliphatic heterocycles. The molecule has 4 rings (SSSR count). The van der Waals surface area contributed by atoms with Crippen molar-refractivity contribution in [3.8, 4) is 5.88 Å². The van der Waals surface area contributed by atoms with Crippen LogP contribution in [0.4, 0.5) is 21.7 Å². The molecule has 186 valence electrons. The minimum absolute atomic E-state index is 0.0721. The molecule has 0 unspecified atom stereocenters. The number of anilines is 3. The Balaban J connectivity index is 1.56. The first-order chi connectivity index (χ1) is 16.9. The van der Waals surface area contributed by atoms with E-state index in [2.05, 4.69) is 20.5 Å². The highest BCUT2D eigenvalue weighted by molar-refractivity contribution is 5.98. The average molecular weight is 484 g/mol. The summed E-state index contributed by atoms with van der Waals surface area (Å²) in [6, 6.07) is 11.4. The van der Waals surface area contributed by atoms with Gasteiger partial charge in [-0.3, -0.25) is 9.48 Å². The third-order valence-corrected chi connectivity index (χ3v) is 6.15. The van der Waals surface area contributed by atoms with Crippen molar-refractivity contribution in [3.05, 3.63) is 60.0 Å². The Labute approximate surface area is 202 Å². The van der Waals surface area contributed by atoms with E-state index >= 15 is 0 Å². The van der Waals surface area contributed by atoms with Crippen LogP contribution in [0.1, 0.15) is 23.2 Å². The van der Waals surface area contributed by atoms with Crippen molar-refractivity contribution < 1.29 is 19.0 Å². The van der Waals surface area contributed by atoms with Crippen LogP contribution in [0.25, 0.3) is 0 Å². The van der Waals surface area contributed by atoms with Gasteiger partial charge in [0.15, 0.2) is 5.82 Å². The molecule has 5 N–H and O–H groups in total. The molecule has 35 heavy (non-hydrogen) atoms. The number of rotatable bonds is 10. The van der Waals surface area contributed by atoms with E-state index in [1.807, 2.05) is 23.9 Å². The van der Waals surface area contributed by atoms with Gasteiger partial charge >= 0.3 is 0 Å². The molecule has 1 fully saturated rings. The van der Waals surface area contributed by atoms with Gasteiger partial charge in [-0.1, -0.05) is 6.07 Å². The number of nitrogens with one attached hydrogen (secondary N) is 2. The van der Waals surface area contributed by atoms with Crippen molar-refractivity contribution in [2.24, 2.45) is 5.73 Å². The van der Waals surface area contributed by atoms with Gasteiger partial charge in [0.1, 0.15) is 23.8 Å². The van der Waals surface area contributed by atoms with E-state index in [0.717, 1.165) is 18.7 Å². The Kier molecular flexibility index (Phi) is 7.47. The monoisotopic (exact) mass is 483 g/mol. The number of carbonyl (C=O) groups is 1. The quantitative estimate of drug-likeness (QED) is 0.344. The van der Waals surface area contributed by atoms with Gasteiger partial charge in [0, 0.05) is 37.6 Å². The summed E-state index contributed by atoms with van der Waals surface area (Å²) in [4.78, 5) is 18.9. The Hall–Kier alpha value is -3.70. The first-order valence-electron chi connectivity index (χ1n) is 11.5. The number of amides is 1. The Bertz CT molecular complexity index is 1140. The fraction of sp³-hybridized carbons (Fsp3) is 0.375. The molecule has 1 aromatic carbocycles. The lowest BCUT2D eigenvalue weighted by Crippen LogP contribution is -2.51. The third-order valence-electron chi connectivity index (χ3n) is 6.15. The average Bonchev–Trinajstić information content (AvgIpc) is 3.30. The fourth-order valence-electron chi connectivity index (χ4n) is 4.34. The van der Waals surface area contributed by atoms with E-state index in [9.17, 15) is 9.18 Å². The zero-order valence-electron chi connectivity index (χ0n) is 19.6. The van der Waals surface area contributed by atoms with Crippen LogP contribution in [0.2, 0.25) is 0 Å². The third kappa shape index (κ3) is 5.52. The van der Waals surface area contributed by atoms with E-state index in [4.69, 9.17) is 20.7 Å². The van der Waals surface area contributed by atoms with Gasteiger partial charge in [-0.25, -0.2) is 4.39 Å². The normalized spacial score (nSPS) is 15.1.